The van der Waals surface area contributed by atoms with E-state index in [1.807, 2.05) is 13.8 Å². The van der Waals surface area contributed by atoms with Crippen molar-refractivity contribution >= 4 is 15.9 Å². The van der Waals surface area contributed by atoms with Crippen LogP contribution in [0.5, 0.6) is 0 Å². The molecule has 0 aliphatic heterocycles. The molecule has 0 saturated heterocycles. The fraction of sp³-hybridized carbons (Fsp3) is 0.533. The normalized spacial score (nSPS) is 12.9. The maximum Gasteiger partial charge on any atom is 0.253 e. The monoisotopic (exact) mass is 328 g/mol. The molecule has 1 unspecified atom stereocenters. The lowest BCUT2D eigenvalue weighted by atomic mass is 10.2. The van der Waals surface area contributed by atoms with E-state index < -0.39 is 10.0 Å². The third kappa shape index (κ3) is 4.79. The molecule has 6 nitrogen and oxygen atoms in total. The van der Waals surface area contributed by atoms with Gasteiger partial charge < -0.3 is 9.64 Å². The topological polar surface area (TPSA) is 75.7 Å². The minimum atomic E-state index is -3.61. The summed E-state index contributed by atoms with van der Waals surface area (Å²) in [5.41, 5.74) is 0.479. The van der Waals surface area contributed by atoms with E-state index in [-0.39, 0.29) is 23.5 Å². The highest BCUT2D eigenvalue weighted by Gasteiger charge is 2.18. The van der Waals surface area contributed by atoms with E-state index >= 15 is 0 Å². The van der Waals surface area contributed by atoms with Crippen LogP contribution in [0.15, 0.2) is 29.2 Å². The lowest BCUT2D eigenvalue weighted by Gasteiger charge is -2.19. The second kappa shape index (κ2) is 8.26. The Morgan fingerprint density at radius 2 is 1.77 bits per heavy atom. The fourth-order valence-corrected chi connectivity index (χ4v) is 3.32. The molecule has 1 N–H and O–H groups in total. The Morgan fingerprint density at radius 1 is 1.23 bits per heavy atom. The van der Waals surface area contributed by atoms with Gasteiger partial charge in [-0.05, 0) is 45.0 Å². The predicted octanol–water partition coefficient (Wildman–Crippen LogP) is 1.48. The standard InChI is InChI=1S/C15H24N2O4S/c1-5-17(6-2)15(18)13-7-9-14(10-8-13)22(19,20)16-12(3)11-21-4/h7-10,12,16H,5-6,11H2,1-4H3. The number of nitrogens with zero attached hydrogens (tertiary/aromatic N) is 1. The molecule has 0 heterocycles. The number of ether oxygens (including phenoxy) is 1. The van der Waals surface area contributed by atoms with Crippen LogP contribution < -0.4 is 4.72 Å². The van der Waals surface area contributed by atoms with Crippen molar-refractivity contribution in [2.45, 2.75) is 31.7 Å². The number of carbonyl (C=O) groups is 1. The Bertz CT molecular complexity index is 580. The van der Waals surface area contributed by atoms with E-state index in [2.05, 4.69) is 4.72 Å². The predicted molar refractivity (Wildman–Crippen MR) is 85.4 cm³/mol. The van der Waals surface area contributed by atoms with Crippen LogP contribution >= 0.6 is 0 Å². The van der Waals surface area contributed by atoms with Gasteiger partial charge in [0.25, 0.3) is 5.91 Å². The first-order valence-electron chi connectivity index (χ1n) is 7.26. The number of methoxy groups -OCH3 is 1. The van der Waals surface area contributed by atoms with Crippen molar-refractivity contribution in [1.29, 1.82) is 0 Å². The van der Waals surface area contributed by atoms with Crippen LogP contribution in [0.4, 0.5) is 0 Å². The van der Waals surface area contributed by atoms with E-state index in [1.54, 1.807) is 11.8 Å². The smallest absolute Gasteiger partial charge is 0.253 e. The maximum absolute atomic E-state index is 12.2. The molecule has 0 aliphatic carbocycles. The molecule has 0 fully saturated rings. The Kier molecular flexibility index (Phi) is 6.99. The first-order chi connectivity index (χ1) is 10.4. The molecule has 0 aromatic heterocycles. The number of benzene rings is 1. The summed E-state index contributed by atoms with van der Waals surface area (Å²) in [6.07, 6.45) is 0. The highest BCUT2D eigenvalue weighted by molar-refractivity contribution is 7.89. The van der Waals surface area contributed by atoms with E-state index in [0.717, 1.165) is 0 Å². The van der Waals surface area contributed by atoms with Gasteiger partial charge in [-0.3, -0.25) is 4.79 Å². The second-order valence-electron chi connectivity index (χ2n) is 4.98. The number of hydrogen-bond donors (Lipinski definition) is 1. The average Bonchev–Trinajstić information content (AvgIpc) is 2.48. The third-order valence-electron chi connectivity index (χ3n) is 3.24. The molecule has 0 spiro atoms. The second-order valence-corrected chi connectivity index (χ2v) is 6.69. The van der Waals surface area contributed by atoms with E-state index in [0.29, 0.717) is 18.7 Å². The molecule has 1 aromatic carbocycles. The van der Waals surface area contributed by atoms with Crippen LogP contribution in [-0.4, -0.2) is 52.1 Å². The number of amides is 1. The largest absolute Gasteiger partial charge is 0.383 e. The Labute approximate surface area is 132 Å². The zero-order valence-corrected chi connectivity index (χ0v) is 14.3. The Hall–Kier alpha value is -1.44. The number of hydrogen-bond acceptors (Lipinski definition) is 4. The van der Waals surface area contributed by atoms with Crippen molar-refractivity contribution < 1.29 is 17.9 Å². The Balaban J connectivity index is 2.90. The summed E-state index contributed by atoms with van der Waals surface area (Å²) in [5.74, 6) is -0.102. The summed E-state index contributed by atoms with van der Waals surface area (Å²) >= 11 is 0. The van der Waals surface area contributed by atoms with E-state index in [4.69, 9.17) is 4.74 Å². The van der Waals surface area contributed by atoms with Crippen molar-refractivity contribution in [2.75, 3.05) is 26.8 Å². The lowest BCUT2D eigenvalue weighted by Crippen LogP contribution is -2.35. The molecule has 1 atom stereocenters. The molecule has 124 valence electrons. The van der Waals surface area contributed by atoms with Crippen molar-refractivity contribution in [3.63, 3.8) is 0 Å². The van der Waals surface area contributed by atoms with Crippen LogP contribution in [-0.2, 0) is 14.8 Å². The van der Waals surface area contributed by atoms with Gasteiger partial charge >= 0.3 is 0 Å². The van der Waals surface area contributed by atoms with Gasteiger partial charge in [0.2, 0.25) is 10.0 Å². The average molecular weight is 328 g/mol. The number of sulfonamides is 1. The van der Waals surface area contributed by atoms with Crippen molar-refractivity contribution in [1.82, 2.24) is 9.62 Å². The molecule has 1 aromatic rings. The lowest BCUT2D eigenvalue weighted by molar-refractivity contribution is 0.0773. The number of carbonyl (C=O) groups excluding carboxylic acids is 1. The van der Waals surface area contributed by atoms with Gasteiger partial charge in [-0.25, -0.2) is 13.1 Å². The van der Waals surface area contributed by atoms with E-state index in [9.17, 15) is 13.2 Å². The summed E-state index contributed by atoms with van der Waals surface area (Å²) < 4.78 is 31.8. The highest BCUT2D eigenvalue weighted by Crippen LogP contribution is 2.13. The molecule has 7 heteroatoms. The summed E-state index contributed by atoms with van der Waals surface area (Å²) in [4.78, 5) is 14.0. The first kappa shape index (κ1) is 18.6. The molecule has 0 radical (unpaired) electrons. The zero-order chi connectivity index (χ0) is 16.8. The fourth-order valence-electron chi connectivity index (χ4n) is 2.09. The van der Waals surface area contributed by atoms with Crippen molar-refractivity contribution in [3.8, 4) is 0 Å². The first-order valence-corrected chi connectivity index (χ1v) is 8.74. The third-order valence-corrected chi connectivity index (χ3v) is 4.84. The summed E-state index contributed by atoms with van der Waals surface area (Å²) in [6.45, 7) is 7.05. The zero-order valence-electron chi connectivity index (χ0n) is 13.5. The minimum Gasteiger partial charge on any atom is -0.383 e. The van der Waals surface area contributed by atoms with Crippen LogP contribution in [0.1, 0.15) is 31.1 Å². The quantitative estimate of drug-likeness (QED) is 0.784. The molecular formula is C15H24N2O4S. The van der Waals surface area contributed by atoms with Crippen LogP contribution in [0.2, 0.25) is 0 Å². The van der Waals surface area contributed by atoms with Gasteiger partial charge in [0.05, 0.1) is 11.5 Å². The minimum absolute atomic E-state index is 0.102. The number of nitrogens with one attached hydrogen (secondary N) is 1. The van der Waals surface area contributed by atoms with Gasteiger partial charge in [0.1, 0.15) is 0 Å². The number of rotatable bonds is 8. The van der Waals surface area contributed by atoms with Crippen LogP contribution in [0, 0.1) is 0 Å². The van der Waals surface area contributed by atoms with Gasteiger partial charge in [-0.15, -0.1) is 0 Å². The van der Waals surface area contributed by atoms with Crippen molar-refractivity contribution in [2.24, 2.45) is 0 Å². The van der Waals surface area contributed by atoms with Gasteiger partial charge in [0, 0.05) is 31.8 Å². The molecule has 0 bridgehead atoms. The molecule has 1 amide bonds. The molecule has 1 rings (SSSR count). The van der Waals surface area contributed by atoms with Gasteiger partial charge in [-0.1, -0.05) is 0 Å². The van der Waals surface area contributed by atoms with Crippen LogP contribution in [0.25, 0.3) is 0 Å². The van der Waals surface area contributed by atoms with Gasteiger partial charge in [-0.2, -0.15) is 0 Å². The van der Waals surface area contributed by atoms with Crippen molar-refractivity contribution in [3.05, 3.63) is 29.8 Å². The SMILES string of the molecule is CCN(CC)C(=O)c1ccc(S(=O)(=O)NC(C)COC)cc1. The summed E-state index contributed by atoms with van der Waals surface area (Å²) in [6, 6.07) is 5.64. The molecule has 22 heavy (non-hydrogen) atoms. The van der Waals surface area contributed by atoms with E-state index in [1.165, 1.54) is 31.4 Å². The Morgan fingerprint density at radius 3 is 2.23 bits per heavy atom. The molecule has 0 saturated carbocycles. The summed E-state index contributed by atoms with van der Waals surface area (Å²) in [5, 5.41) is 0. The molecular weight excluding hydrogens is 304 g/mol. The van der Waals surface area contributed by atoms with Gasteiger partial charge in [0.15, 0.2) is 0 Å². The summed E-state index contributed by atoms with van der Waals surface area (Å²) in [7, 11) is -2.10. The molecule has 0 aliphatic rings. The maximum atomic E-state index is 12.2. The van der Waals surface area contributed by atoms with Crippen LogP contribution in [0.3, 0.4) is 0 Å². The highest BCUT2D eigenvalue weighted by atomic mass is 32.2.